The molecule has 1 heterocycles. The molecule has 2 aromatic rings. The molecule has 1 aliphatic rings. The maximum Gasteiger partial charge on any atom is 0.223 e. The summed E-state index contributed by atoms with van der Waals surface area (Å²) in [6.07, 6.45) is 4.69. The highest BCUT2D eigenvalue weighted by molar-refractivity contribution is 5.79. The molecule has 0 saturated carbocycles. The van der Waals surface area contributed by atoms with Crippen LogP contribution >= 0.6 is 0 Å². The molecule has 0 bridgehead atoms. The normalized spacial score (nSPS) is 15.7. The van der Waals surface area contributed by atoms with Crippen molar-refractivity contribution in [2.45, 2.75) is 51.5 Å². The van der Waals surface area contributed by atoms with Crippen molar-refractivity contribution in [3.63, 3.8) is 0 Å². The number of benzene rings is 2. The van der Waals surface area contributed by atoms with Gasteiger partial charge in [-0.2, -0.15) is 0 Å². The summed E-state index contributed by atoms with van der Waals surface area (Å²) in [5.41, 5.74) is 2.22. The van der Waals surface area contributed by atoms with Gasteiger partial charge in [0.25, 0.3) is 0 Å². The number of methoxy groups -OCH3 is 1. The molecule has 3 rings (SSSR count). The van der Waals surface area contributed by atoms with Gasteiger partial charge in [-0.1, -0.05) is 56.3 Å². The van der Waals surface area contributed by atoms with Gasteiger partial charge in [-0.3, -0.25) is 4.79 Å². The lowest BCUT2D eigenvalue weighted by atomic mass is 9.83. The summed E-state index contributed by atoms with van der Waals surface area (Å²) < 4.78 is 5.29. The first-order valence-electron chi connectivity index (χ1n) is 11.3. The standard InChI is InChI=1S/C26H36N2O2/c1-4-26(5-2,23-11-13-24(30-3)14-12-23)27-25(29)22-16-19-28(20-17-22)18-15-21-9-7-6-8-10-21/h6-14,22H,4-5,15-20H2,1-3H3,(H,27,29). The van der Waals surface area contributed by atoms with Gasteiger partial charge in [0.15, 0.2) is 0 Å². The van der Waals surface area contributed by atoms with Gasteiger partial charge >= 0.3 is 0 Å². The molecule has 0 unspecified atom stereocenters. The minimum atomic E-state index is -0.312. The number of piperidine rings is 1. The van der Waals surface area contributed by atoms with Crippen molar-refractivity contribution < 1.29 is 9.53 Å². The molecule has 1 amide bonds. The number of nitrogens with one attached hydrogen (secondary N) is 1. The largest absolute Gasteiger partial charge is 0.497 e. The molecule has 0 spiro atoms. The fraction of sp³-hybridized carbons (Fsp3) is 0.500. The molecule has 4 heteroatoms. The van der Waals surface area contributed by atoms with Crippen molar-refractivity contribution in [3.05, 3.63) is 65.7 Å². The van der Waals surface area contributed by atoms with Crippen molar-refractivity contribution in [2.24, 2.45) is 5.92 Å². The van der Waals surface area contributed by atoms with Crippen LogP contribution in [0.3, 0.4) is 0 Å². The number of carbonyl (C=O) groups is 1. The van der Waals surface area contributed by atoms with E-state index in [1.165, 1.54) is 5.56 Å². The molecule has 2 aromatic carbocycles. The van der Waals surface area contributed by atoms with E-state index in [0.29, 0.717) is 0 Å². The number of nitrogens with zero attached hydrogens (tertiary/aromatic N) is 1. The van der Waals surface area contributed by atoms with Crippen molar-refractivity contribution in [1.82, 2.24) is 10.2 Å². The summed E-state index contributed by atoms with van der Waals surface area (Å²) in [5, 5.41) is 3.43. The van der Waals surface area contributed by atoms with Crippen LogP contribution in [-0.2, 0) is 16.8 Å². The third kappa shape index (κ3) is 5.42. The van der Waals surface area contributed by atoms with Crippen LogP contribution in [0.15, 0.2) is 54.6 Å². The second-order valence-corrected chi connectivity index (χ2v) is 8.36. The van der Waals surface area contributed by atoms with Crippen LogP contribution in [0.5, 0.6) is 5.75 Å². The van der Waals surface area contributed by atoms with E-state index in [4.69, 9.17) is 4.74 Å². The molecule has 0 aliphatic carbocycles. The smallest absolute Gasteiger partial charge is 0.223 e. The Bertz CT molecular complexity index is 776. The van der Waals surface area contributed by atoms with E-state index in [1.807, 2.05) is 12.1 Å². The molecule has 1 N–H and O–H groups in total. The molecule has 0 radical (unpaired) electrons. The van der Waals surface area contributed by atoms with Crippen molar-refractivity contribution in [3.8, 4) is 5.75 Å². The molecule has 1 fully saturated rings. The predicted molar refractivity (Wildman–Crippen MR) is 123 cm³/mol. The predicted octanol–water partition coefficient (Wildman–Crippen LogP) is 4.78. The van der Waals surface area contributed by atoms with Crippen LogP contribution in [0.4, 0.5) is 0 Å². The Morgan fingerprint density at radius 3 is 2.23 bits per heavy atom. The Morgan fingerprint density at radius 1 is 1.03 bits per heavy atom. The maximum absolute atomic E-state index is 13.2. The molecule has 1 aliphatic heterocycles. The molecule has 0 atom stereocenters. The van der Waals surface area contributed by atoms with Gasteiger partial charge in [-0.05, 0) is 68.5 Å². The second kappa shape index (κ2) is 10.6. The molecule has 1 saturated heterocycles. The summed E-state index contributed by atoms with van der Waals surface area (Å²) in [5.74, 6) is 1.15. The fourth-order valence-corrected chi connectivity index (χ4v) is 4.51. The zero-order valence-corrected chi connectivity index (χ0v) is 18.7. The summed E-state index contributed by atoms with van der Waals surface area (Å²) in [6, 6.07) is 18.8. The van der Waals surface area contributed by atoms with Gasteiger partial charge < -0.3 is 15.0 Å². The molecule has 0 aromatic heterocycles. The minimum Gasteiger partial charge on any atom is -0.497 e. The third-order valence-electron chi connectivity index (χ3n) is 6.73. The average molecular weight is 409 g/mol. The lowest BCUT2D eigenvalue weighted by Gasteiger charge is -2.37. The van der Waals surface area contributed by atoms with Crippen LogP contribution in [0, 0.1) is 5.92 Å². The van der Waals surface area contributed by atoms with Crippen LogP contribution in [0.2, 0.25) is 0 Å². The summed E-state index contributed by atoms with van der Waals surface area (Å²) in [6.45, 7) is 7.37. The number of rotatable bonds is 9. The molecule has 4 nitrogen and oxygen atoms in total. The van der Waals surface area contributed by atoms with Gasteiger partial charge in [-0.25, -0.2) is 0 Å². The van der Waals surface area contributed by atoms with Gasteiger partial charge in [0, 0.05) is 12.5 Å². The van der Waals surface area contributed by atoms with Crippen LogP contribution in [0.1, 0.15) is 50.7 Å². The summed E-state index contributed by atoms with van der Waals surface area (Å²) in [4.78, 5) is 15.7. The summed E-state index contributed by atoms with van der Waals surface area (Å²) in [7, 11) is 1.68. The lowest BCUT2D eigenvalue weighted by Crippen LogP contribution is -2.49. The Balaban J connectivity index is 1.55. The highest BCUT2D eigenvalue weighted by Crippen LogP contribution is 2.31. The van der Waals surface area contributed by atoms with Crippen LogP contribution in [-0.4, -0.2) is 37.6 Å². The van der Waals surface area contributed by atoms with Gasteiger partial charge in [0.1, 0.15) is 5.75 Å². The Hall–Kier alpha value is -2.33. The van der Waals surface area contributed by atoms with Crippen molar-refractivity contribution in [1.29, 1.82) is 0 Å². The first kappa shape index (κ1) is 22.4. The molecule has 30 heavy (non-hydrogen) atoms. The molecular weight excluding hydrogens is 372 g/mol. The van der Waals surface area contributed by atoms with Gasteiger partial charge in [0.05, 0.1) is 12.6 Å². The molecule has 162 valence electrons. The highest BCUT2D eigenvalue weighted by Gasteiger charge is 2.34. The third-order valence-corrected chi connectivity index (χ3v) is 6.73. The Morgan fingerprint density at radius 2 is 1.67 bits per heavy atom. The first-order chi connectivity index (χ1) is 14.6. The zero-order valence-electron chi connectivity index (χ0n) is 18.7. The van der Waals surface area contributed by atoms with Crippen molar-refractivity contribution in [2.75, 3.05) is 26.7 Å². The number of ether oxygens (including phenoxy) is 1. The minimum absolute atomic E-state index is 0.105. The van der Waals surface area contributed by atoms with Crippen molar-refractivity contribution >= 4 is 5.91 Å². The van der Waals surface area contributed by atoms with Crippen LogP contribution in [0.25, 0.3) is 0 Å². The van der Waals surface area contributed by atoms with Gasteiger partial charge in [0.2, 0.25) is 5.91 Å². The van der Waals surface area contributed by atoms with E-state index in [1.54, 1.807) is 7.11 Å². The molecular formula is C26H36N2O2. The Labute approximate surface area is 181 Å². The van der Waals surface area contributed by atoms with E-state index in [2.05, 4.69) is 66.5 Å². The summed E-state index contributed by atoms with van der Waals surface area (Å²) >= 11 is 0. The van der Waals surface area contributed by atoms with Gasteiger partial charge in [-0.15, -0.1) is 0 Å². The Kier molecular flexibility index (Phi) is 7.92. The number of amides is 1. The zero-order chi connectivity index (χ0) is 21.4. The number of carbonyl (C=O) groups excluding carboxylic acids is 1. The second-order valence-electron chi connectivity index (χ2n) is 8.36. The van der Waals surface area contributed by atoms with E-state index >= 15 is 0 Å². The number of hydrogen-bond acceptors (Lipinski definition) is 3. The van der Waals surface area contributed by atoms with E-state index in [0.717, 1.165) is 63.1 Å². The van der Waals surface area contributed by atoms with E-state index < -0.39 is 0 Å². The topological polar surface area (TPSA) is 41.6 Å². The highest BCUT2D eigenvalue weighted by atomic mass is 16.5. The van der Waals surface area contributed by atoms with Crippen LogP contribution < -0.4 is 10.1 Å². The first-order valence-corrected chi connectivity index (χ1v) is 11.3. The number of hydrogen-bond donors (Lipinski definition) is 1. The quantitative estimate of drug-likeness (QED) is 0.649. The monoisotopic (exact) mass is 408 g/mol. The lowest BCUT2D eigenvalue weighted by molar-refractivity contribution is -0.128. The van der Waals surface area contributed by atoms with E-state index in [-0.39, 0.29) is 17.4 Å². The average Bonchev–Trinajstić information content (AvgIpc) is 2.82. The maximum atomic E-state index is 13.2. The van der Waals surface area contributed by atoms with E-state index in [9.17, 15) is 4.79 Å². The number of likely N-dealkylation sites (tertiary alicyclic amines) is 1. The fourth-order valence-electron chi connectivity index (χ4n) is 4.51. The SMILES string of the molecule is CCC(CC)(NC(=O)C1CCN(CCc2ccccc2)CC1)c1ccc(OC)cc1.